The van der Waals surface area contributed by atoms with E-state index in [2.05, 4.69) is 12.2 Å². The molecule has 0 saturated carbocycles. The minimum atomic E-state index is -5.02. The van der Waals surface area contributed by atoms with Crippen LogP contribution in [0.4, 0.5) is 18.9 Å². The smallest absolute Gasteiger partial charge is 0.453 e. The number of aryl methyl sites for hydroxylation is 1. The molecule has 0 aliphatic carbocycles. The zero-order valence-corrected chi connectivity index (χ0v) is 21.3. The summed E-state index contributed by atoms with van der Waals surface area (Å²) < 4.78 is 62.3. The SMILES string of the molecule is CCCCc1ccc(NC(=O)COc2ccc3c(=O)c(Oc4ccc(OC)cc4)c(C(F)(F)F)oc3c2)cc1. The van der Waals surface area contributed by atoms with Crippen molar-refractivity contribution in [2.24, 2.45) is 0 Å². The van der Waals surface area contributed by atoms with E-state index < -0.39 is 35.6 Å². The second kappa shape index (κ2) is 11.9. The van der Waals surface area contributed by atoms with Crippen LogP contribution in [0.1, 0.15) is 31.1 Å². The Bertz CT molecular complexity index is 1500. The van der Waals surface area contributed by atoms with Gasteiger partial charge in [-0.3, -0.25) is 9.59 Å². The van der Waals surface area contributed by atoms with Gasteiger partial charge in [-0.05, 0) is 66.9 Å². The summed E-state index contributed by atoms with van der Waals surface area (Å²) in [6.07, 6.45) is -1.90. The molecule has 1 amide bonds. The number of alkyl halides is 3. The number of benzene rings is 3. The molecular formula is C29H26F3NO6. The van der Waals surface area contributed by atoms with Crippen LogP contribution in [-0.2, 0) is 17.4 Å². The Kier molecular flexibility index (Phi) is 8.43. The second-order valence-corrected chi connectivity index (χ2v) is 8.66. The quantitative estimate of drug-likeness (QED) is 0.233. The average Bonchev–Trinajstić information content (AvgIpc) is 2.92. The molecule has 7 nitrogen and oxygen atoms in total. The molecule has 0 unspecified atom stereocenters. The number of unbranched alkanes of at least 4 members (excludes halogenated alkanes) is 1. The number of hydrogen-bond donors (Lipinski definition) is 1. The largest absolute Gasteiger partial charge is 0.497 e. The molecule has 1 aromatic heterocycles. The van der Waals surface area contributed by atoms with Gasteiger partial charge < -0.3 is 23.9 Å². The Hall–Kier alpha value is -4.47. The normalized spacial score (nSPS) is 11.3. The van der Waals surface area contributed by atoms with E-state index >= 15 is 0 Å². The Morgan fingerprint density at radius 1 is 0.949 bits per heavy atom. The Morgan fingerprint density at radius 3 is 2.26 bits per heavy atom. The fourth-order valence-corrected chi connectivity index (χ4v) is 3.77. The standard InChI is InChI=1S/C29H26F3NO6/c1-3-4-5-18-6-8-19(9-7-18)33-25(34)17-37-22-14-15-23-24(16-22)39-28(29(30,31)32)27(26(23)35)38-21-12-10-20(36-2)11-13-21/h6-16H,3-5,17H2,1-2H3,(H,33,34). The van der Waals surface area contributed by atoms with E-state index in [1.54, 1.807) is 12.1 Å². The molecule has 1 heterocycles. The number of anilines is 1. The van der Waals surface area contributed by atoms with Gasteiger partial charge in [0.05, 0.1) is 12.5 Å². The molecule has 0 aliphatic heterocycles. The summed E-state index contributed by atoms with van der Waals surface area (Å²) in [5.41, 5.74) is 0.383. The molecule has 3 aromatic carbocycles. The van der Waals surface area contributed by atoms with Crippen LogP contribution in [0, 0.1) is 0 Å². The molecule has 0 radical (unpaired) electrons. The van der Waals surface area contributed by atoms with E-state index in [0.29, 0.717) is 11.4 Å². The molecule has 0 bridgehead atoms. The van der Waals surface area contributed by atoms with Gasteiger partial charge in [0.15, 0.2) is 6.61 Å². The number of halogens is 3. The van der Waals surface area contributed by atoms with Crippen LogP contribution in [0.2, 0.25) is 0 Å². The minimum Gasteiger partial charge on any atom is -0.497 e. The third-order valence-electron chi connectivity index (χ3n) is 5.79. The fraction of sp³-hybridized carbons (Fsp3) is 0.241. The first kappa shape index (κ1) is 27.6. The number of rotatable bonds is 10. The molecule has 204 valence electrons. The van der Waals surface area contributed by atoms with Crippen molar-refractivity contribution < 1.29 is 36.6 Å². The number of nitrogens with one attached hydrogen (secondary N) is 1. The van der Waals surface area contributed by atoms with Crippen LogP contribution >= 0.6 is 0 Å². The summed E-state index contributed by atoms with van der Waals surface area (Å²) in [6, 6.07) is 16.9. The first-order valence-electron chi connectivity index (χ1n) is 12.2. The van der Waals surface area contributed by atoms with Crippen LogP contribution in [0.5, 0.6) is 23.0 Å². The van der Waals surface area contributed by atoms with Gasteiger partial charge in [0.1, 0.15) is 22.8 Å². The van der Waals surface area contributed by atoms with Gasteiger partial charge in [0.2, 0.25) is 11.2 Å². The van der Waals surface area contributed by atoms with Crippen LogP contribution < -0.4 is 25.0 Å². The first-order chi connectivity index (χ1) is 18.7. The van der Waals surface area contributed by atoms with E-state index in [1.807, 2.05) is 12.1 Å². The Balaban J connectivity index is 1.51. The number of fused-ring (bicyclic) bond motifs is 1. The van der Waals surface area contributed by atoms with Gasteiger partial charge >= 0.3 is 6.18 Å². The van der Waals surface area contributed by atoms with E-state index in [0.717, 1.165) is 25.3 Å². The van der Waals surface area contributed by atoms with E-state index in [9.17, 15) is 22.8 Å². The average molecular weight is 542 g/mol. The highest BCUT2D eigenvalue weighted by Gasteiger charge is 2.40. The molecule has 1 N–H and O–H groups in total. The Morgan fingerprint density at radius 2 is 1.62 bits per heavy atom. The van der Waals surface area contributed by atoms with Crippen LogP contribution in [0.15, 0.2) is 75.9 Å². The lowest BCUT2D eigenvalue weighted by atomic mass is 10.1. The van der Waals surface area contributed by atoms with E-state index in [-0.39, 0.29) is 22.5 Å². The van der Waals surface area contributed by atoms with Crippen molar-refractivity contribution in [3.8, 4) is 23.0 Å². The molecule has 0 saturated heterocycles. The number of methoxy groups -OCH3 is 1. The highest BCUT2D eigenvalue weighted by molar-refractivity contribution is 5.92. The van der Waals surface area contributed by atoms with Gasteiger partial charge in [-0.15, -0.1) is 0 Å². The van der Waals surface area contributed by atoms with Gasteiger partial charge in [0.25, 0.3) is 11.7 Å². The summed E-state index contributed by atoms with van der Waals surface area (Å²) in [5.74, 6) is -2.54. The molecule has 4 rings (SSSR count). The predicted molar refractivity (Wildman–Crippen MR) is 140 cm³/mol. The number of carbonyl (C=O) groups is 1. The maximum Gasteiger partial charge on any atom is 0.453 e. The van der Waals surface area contributed by atoms with Crippen molar-refractivity contribution in [1.29, 1.82) is 0 Å². The van der Waals surface area contributed by atoms with Gasteiger partial charge in [-0.25, -0.2) is 0 Å². The number of ether oxygens (including phenoxy) is 3. The molecule has 0 atom stereocenters. The van der Waals surface area contributed by atoms with Crippen molar-refractivity contribution in [2.75, 3.05) is 19.0 Å². The summed E-state index contributed by atoms with van der Waals surface area (Å²) in [6.45, 7) is 1.71. The van der Waals surface area contributed by atoms with E-state index in [4.69, 9.17) is 18.6 Å². The third-order valence-corrected chi connectivity index (χ3v) is 5.79. The molecule has 10 heteroatoms. The van der Waals surface area contributed by atoms with Crippen molar-refractivity contribution in [3.63, 3.8) is 0 Å². The maximum absolute atomic E-state index is 13.8. The highest BCUT2D eigenvalue weighted by Crippen LogP contribution is 2.38. The molecule has 39 heavy (non-hydrogen) atoms. The lowest BCUT2D eigenvalue weighted by molar-refractivity contribution is -0.154. The zero-order chi connectivity index (χ0) is 28.0. The summed E-state index contributed by atoms with van der Waals surface area (Å²) in [5, 5.41) is 2.55. The van der Waals surface area contributed by atoms with Crippen LogP contribution in [0.25, 0.3) is 11.0 Å². The van der Waals surface area contributed by atoms with Gasteiger partial charge in [0, 0.05) is 11.8 Å². The van der Waals surface area contributed by atoms with Crippen molar-refractivity contribution in [1.82, 2.24) is 0 Å². The number of carbonyl (C=O) groups excluding carboxylic acids is 1. The summed E-state index contributed by atoms with van der Waals surface area (Å²) in [4.78, 5) is 25.3. The van der Waals surface area contributed by atoms with Crippen LogP contribution in [0.3, 0.4) is 0 Å². The van der Waals surface area contributed by atoms with Gasteiger partial charge in [-0.2, -0.15) is 13.2 Å². The van der Waals surface area contributed by atoms with Crippen LogP contribution in [-0.4, -0.2) is 19.6 Å². The van der Waals surface area contributed by atoms with E-state index in [1.165, 1.54) is 49.1 Å². The monoisotopic (exact) mass is 541 g/mol. The molecule has 0 aliphatic rings. The first-order valence-corrected chi connectivity index (χ1v) is 12.2. The van der Waals surface area contributed by atoms with Crippen molar-refractivity contribution in [3.05, 3.63) is 88.3 Å². The second-order valence-electron chi connectivity index (χ2n) is 8.66. The maximum atomic E-state index is 13.8. The Labute approximate surface area is 222 Å². The molecule has 0 spiro atoms. The molecule has 4 aromatic rings. The van der Waals surface area contributed by atoms with Crippen molar-refractivity contribution in [2.45, 2.75) is 32.4 Å². The molecular weight excluding hydrogens is 515 g/mol. The number of hydrogen-bond acceptors (Lipinski definition) is 6. The van der Waals surface area contributed by atoms with Crippen molar-refractivity contribution >= 4 is 22.6 Å². The predicted octanol–water partition coefficient (Wildman–Crippen LogP) is 6.97. The fourth-order valence-electron chi connectivity index (χ4n) is 3.77. The zero-order valence-electron chi connectivity index (χ0n) is 21.3. The molecule has 0 fully saturated rings. The summed E-state index contributed by atoms with van der Waals surface area (Å²) >= 11 is 0. The highest BCUT2D eigenvalue weighted by atomic mass is 19.4. The van der Waals surface area contributed by atoms with Gasteiger partial charge in [-0.1, -0.05) is 25.5 Å². The minimum absolute atomic E-state index is 0.00508. The topological polar surface area (TPSA) is 87.0 Å². The number of amides is 1. The third kappa shape index (κ3) is 6.90. The lowest BCUT2D eigenvalue weighted by Crippen LogP contribution is -2.20. The lowest BCUT2D eigenvalue weighted by Gasteiger charge is -2.14. The summed E-state index contributed by atoms with van der Waals surface area (Å²) in [7, 11) is 1.44.